The SMILES string of the molecule is N#CC(C#N)=C(C#N)Nc1ccc(C(=O)N2CCCCC2)c(Cl)c1. The number of likely N-dealkylation sites (tertiary alicyclic amines) is 1. The van der Waals surface area contributed by atoms with Crippen molar-refractivity contribution in [2.24, 2.45) is 0 Å². The van der Waals surface area contributed by atoms with Crippen LogP contribution < -0.4 is 5.32 Å². The molecule has 0 bridgehead atoms. The molecule has 0 saturated carbocycles. The molecule has 1 fully saturated rings. The van der Waals surface area contributed by atoms with Gasteiger partial charge in [0.2, 0.25) is 0 Å². The van der Waals surface area contributed by atoms with E-state index in [9.17, 15) is 4.79 Å². The monoisotopic (exact) mass is 339 g/mol. The highest BCUT2D eigenvalue weighted by Gasteiger charge is 2.20. The molecule has 7 heteroatoms. The zero-order valence-electron chi connectivity index (χ0n) is 12.8. The summed E-state index contributed by atoms with van der Waals surface area (Å²) < 4.78 is 0. The Hall–Kier alpha value is -3.01. The van der Waals surface area contributed by atoms with Crippen LogP contribution in [0.3, 0.4) is 0 Å². The van der Waals surface area contributed by atoms with Crippen molar-refractivity contribution < 1.29 is 4.79 Å². The number of allylic oxidation sites excluding steroid dienone is 2. The summed E-state index contributed by atoms with van der Waals surface area (Å²) in [7, 11) is 0. The van der Waals surface area contributed by atoms with Crippen LogP contribution in [0.5, 0.6) is 0 Å². The van der Waals surface area contributed by atoms with E-state index >= 15 is 0 Å². The molecule has 1 aromatic rings. The first-order chi connectivity index (χ1) is 11.6. The molecule has 24 heavy (non-hydrogen) atoms. The van der Waals surface area contributed by atoms with E-state index in [1.165, 1.54) is 6.07 Å². The van der Waals surface area contributed by atoms with Gasteiger partial charge in [0.05, 0.1) is 10.6 Å². The molecule has 0 atom stereocenters. The number of nitrogens with one attached hydrogen (secondary N) is 1. The van der Waals surface area contributed by atoms with Crippen molar-refractivity contribution in [2.45, 2.75) is 19.3 Å². The maximum absolute atomic E-state index is 12.5. The number of benzene rings is 1. The van der Waals surface area contributed by atoms with Gasteiger partial charge in [0.25, 0.3) is 5.91 Å². The van der Waals surface area contributed by atoms with E-state index < -0.39 is 0 Å². The number of carbonyl (C=O) groups excluding carboxylic acids is 1. The third-order valence-corrected chi connectivity index (χ3v) is 4.01. The van der Waals surface area contributed by atoms with Crippen molar-refractivity contribution in [3.05, 3.63) is 40.1 Å². The summed E-state index contributed by atoms with van der Waals surface area (Å²) in [5, 5.41) is 29.6. The Morgan fingerprint density at radius 2 is 1.75 bits per heavy atom. The fraction of sp³-hybridized carbons (Fsp3) is 0.294. The van der Waals surface area contributed by atoms with Crippen LogP contribution >= 0.6 is 11.6 Å². The molecule has 1 N–H and O–H groups in total. The van der Waals surface area contributed by atoms with Gasteiger partial charge in [-0.05, 0) is 37.5 Å². The molecule has 1 saturated heterocycles. The maximum atomic E-state index is 12.5. The number of nitrogens with zero attached hydrogens (tertiary/aromatic N) is 4. The summed E-state index contributed by atoms with van der Waals surface area (Å²) in [4.78, 5) is 14.3. The average molecular weight is 340 g/mol. The highest BCUT2D eigenvalue weighted by atomic mass is 35.5. The molecular weight excluding hydrogens is 326 g/mol. The number of halogens is 1. The molecule has 0 aliphatic carbocycles. The summed E-state index contributed by atoms with van der Waals surface area (Å²) >= 11 is 6.20. The molecular formula is C17H14ClN5O. The lowest BCUT2D eigenvalue weighted by Crippen LogP contribution is -2.35. The number of amides is 1. The quantitative estimate of drug-likeness (QED) is 0.851. The first-order valence-corrected chi connectivity index (χ1v) is 7.79. The second-order valence-corrected chi connectivity index (χ2v) is 5.67. The predicted molar refractivity (Wildman–Crippen MR) is 88.7 cm³/mol. The van der Waals surface area contributed by atoms with Crippen LogP contribution in [0.2, 0.25) is 5.02 Å². The van der Waals surface area contributed by atoms with Gasteiger partial charge in [0.15, 0.2) is 5.57 Å². The normalized spacial score (nSPS) is 13.2. The van der Waals surface area contributed by atoms with Crippen LogP contribution in [0.4, 0.5) is 5.69 Å². The van der Waals surface area contributed by atoms with Crippen molar-refractivity contribution >= 4 is 23.2 Å². The number of piperidine rings is 1. The molecule has 0 radical (unpaired) electrons. The maximum Gasteiger partial charge on any atom is 0.255 e. The third-order valence-electron chi connectivity index (χ3n) is 3.70. The minimum absolute atomic E-state index is 0.114. The molecule has 1 aromatic carbocycles. The molecule has 6 nitrogen and oxygen atoms in total. The van der Waals surface area contributed by atoms with Crippen molar-refractivity contribution in [2.75, 3.05) is 18.4 Å². The van der Waals surface area contributed by atoms with Crippen LogP contribution in [-0.2, 0) is 0 Å². The zero-order valence-corrected chi connectivity index (χ0v) is 13.6. The summed E-state index contributed by atoms with van der Waals surface area (Å²) in [6, 6.07) is 9.74. The molecule has 1 aliphatic rings. The van der Waals surface area contributed by atoms with Crippen LogP contribution in [0, 0.1) is 34.0 Å². The summed E-state index contributed by atoms with van der Waals surface area (Å²) in [6.07, 6.45) is 3.11. The Balaban J connectivity index is 2.23. The molecule has 0 aromatic heterocycles. The largest absolute Gasteiger partial charge is 0.345 e. The minimum atomic E-state index is -0.318. The van der Waals surface area contributed by atoms with Gasteiger partial charge >= 0.3 is 0 Å². The van der Waals surface area contributed by atoms with E-state index in [-0.39, 0.29) is 22.2 Å². The fourth-order valence-corrected chi connectivity index (χ4v) is 2.72. The first kappa shape index (κ1) is 17.3. The Labute approximate surface area is 145 Å². The molecule has 1 aliphatic heterocycles. The number of anilines is 1. The van der Waals surface area contributed by atoms with E-state index in [1.807, 2.05) is 0 Å². The summed E-state index contributed by atoms with van der Waals surface area (Å²) in [5.41, 5.74) is 0.343. The van der Waals surface area contributed by atoms with Gasteiger partial charge < -0.3 is 10.2 Å². The van der Waals surface area contributed by atoms with E-state index in [0.29, 0.717) is 11.3 Å². The minimum Gasteiger partial charge on any atom is -0.345 e. The number of carbonyl (C=O) groups is 1. The van der Waals surface area contributed by atoms with Crippen molar-refractivity contribution in [1.29, 1.82) is 15.8 Å². The van der Waals surface area contributed by atoms with Crippen LogP contribution in [0.25, 0.3) is 0 Å². The van der Waals surface area contributed by atoms with Gasteiger partial charge in [-0.1, -0.05) is 11.6 Å². The molecule has 0 unspecified atom stereocenters. The molecule has 2 rings (SSSR count). The van der Waals surface area contributed by atoms with Crippen molar-refractivity contribution in [3.63, 3.8) is 0 Å². The fourth-order valence-electron chi connectivity index (χ4n) is 2.46. The third kappa shape index (κ3) is 3.84. The van der Waals surface area contributed by atoms with Crippen LogP contribution in [0.15, 0.2) is 29.5 Å². The van der Waals surface area contributed by atoms with Gasteiger partial charge in [0, 0.05) is 18.8 Å². The zero-order chi connectivity index (χ0) is 17.5. The lowest BCUT2D eigenvalue weighted by Gasteiger charge is -2.27. The highest BCUT2D eigenvalue weighted by Crippen LogP contribution is 2.24. The number of rotatable bonds is 3. The Morgan fingerprint density at radius 3 is 2.29 bits per heavy atom. The predicted octanol–water partition coefficient (Wildman–Crippen LogP) is 3.20. The van der Waals surface area contributed by atoms with Crippen molar-refractivity contribution in [3.8, 4) is 18.2 Å². The molecule has 0 spiro atoms. The van der Waals surface area contributed by atoms with E-state index in [0.717, 1.165) is 32.4 Å². The van der Waals surface area contributed by atoms with E-state index in [4.69, 9.17) is 27.4 Å². The number of nitriles is 3. The standard InChI is InChI=1S/C17H14ClN5O/c18-15-8-13(22-16(11-21)12(9-19)10-20)4-5-14(15)17(24)23-6-2-1-3-7-23/h4-5,8,22H,1-3,6-7H2. The lowest BCUT2D eigenvalue weighted by atomic mass is 10.1. The Bertz CT molecular complexity index is 788. The van der Waals surface area contributed by atoms with Gasteiger partial charge in [-0.2, -0.15) is 15.8 Å². The van der Waals surface area contributed by atoms with Gasteiger partial charge in [-0.3, -0.25) is 4.79 Å². The van der Waals surface area contributed by atoms with Crippen LogP contribution in [-0.4, -0.2) is 23.9 Å². The van der Waals surface area contributed by atoms with Gasteiger partial charge in [-0.15, -0.1) is 0 Å². The van der Waals surface area contributed by atoms with Gasteiger partial charge in [-0.25, -0.2) is 0 Å². The Morgan fingerprint density at radius 1 is 1.08 bits per heavy atom. The molecule has 1 heterocycles. The Kier molecular flexibility index (Phi) is 5.79. The van der Waals surface area contributed by atoms with Gasteiger partial charge in [0.1, 0.15) is 23.9 Å². The van der Waals surface area contributed by atoms with E-state index in [2.05, 4.69) is 5.32 Å². The highest BCUT2D eigenvalue weighted by molar-refractivity contribution is 6.34. The number of hydrogen-bond donors (Lipinski definition) is 1. The van der Waals surface area contributed by atoms with Crippen molar-refractivity contribution in [1.82, 2.24) is 4.90 Å². The molecule has 1 amide bonds. The van der Waals surface area contributed by atoms with E-state index in [1.54, 1.807) is 35.2 Å². The molecule has 120 valence electrons. The van der Waals surface area contributed by atoms with Crippen LogP contribution in [0.1, 0.15) is 29.6 Å². The lowest BCUT2D eigenvalue weighted by molar-refractivity contribution is 0.0724. The number of hydrogen-bond acceptors (Lipinski definition) is 5. The smallest absolute Gasteiger partial charge is 0.255 e. The summed E-state index contributed by atoms with van der Waals surface area (Å²) in [5.74, 6) is -0.114. The first-order valence-electron chi connectivity index (χ1n) is 7.41. The topological polar surface area (TPSA) is 104 Å². The summed E-state index contributed by atoms with van der Waals surface area (Å²) in [6.45, 7) is 1.45. The second kappa shape index (κ2) is 8.02. The second-order valence-electron chi connectivity index (χ2n) is 5.26. The average Bonchev–Trinajstić information content (AvgIpc) is 2.62.